The quantitative estimate of drug-likeness (QED) is 0.532. The molecule has 0 atom stereocenters. The molecule has 0 radical (unpaired) electrons. The number of aromatic hydroxyl groups is 1. The van der Waals surface area contributed by atoms with E-state index in [1.807, 2.05) is 0 Å². The Hall–Kier alpha value is -1.42. The average Bonchev–Trinajstić information content (AvgIpc) is 2.13. The molecule has 1 aromatic carbocycles. The summed E-state index contributed by atoms with van der Waals surface area (Å²) in [5, 5.41) is 9.33. The Kier molecular flexibility index (Phi) is 2.63. The highest BCUT2D eigenvalue weighted by molar-refractivity contribution is 6.35. The zero-order chi connectivity index (χ0) is 10.0. The molecule has 0 spiro atoms. The van der Waals surface area contributed by atoms with Gasteiger partial charge in [0.1, 0.15) is 10.6 Å². The lowest BCUT2D eigenvalue weighted by atomic mass is 10.2. The maximum atomic E-state index is 11.0. The molecule has 0 amide bonds. The normalized spacial score (nSPS) is 9.69. The van der Waals surface area contributed by atoms with E-state index in [0.717, 1.165) is 0 Å². The molecule has 0 aliphatic carbocycles. The van der Waals surface area contributed by atoms with Gasteiger partial charge in [-0.15, -0.1) is 0 Å². The van der Waals surface area contributed by atoms with Gasteiger partial charge in [-0.25, -0.2) is 4.79 Å². The predicted molar refractivity (Wildman–Crippen MR) is 48.9 cm³/mol. The SMILES string of the molecule is COC(=O)c1ccc(N)c(Cl)c1O. The van der Waals surface area contributed by atoms with Gasteiger partial charge in [-0.3, -0.25) is 0 Å². The first kappa shape index (κ1) is 9.67. The third-order valence-electron chi connectivity index (χ3n) is 1.55. The Morgan fingerprint density at radius 3 is 2.77 bits per heavy atom. The number of benzene rings is 1. The van der Waals surface area contributed by atoms with E-state index in [2.05, 4.69) is 4.74 Å². The number of phenolic OH excluding ortho intramolecular Hbond substituents is 1. The van der Waals surface area contributed by atoms with Gasteiger partial charge in [-0.05, 0) is 12.1 Å². The molecule has 1 aromatic rings. The zero-order valence-electron chi connectivity index (χ0n) is 6.87. The number of rotatable bonds is 1. The molecule has 4 nitrogen and oxygen atoms in total. The molecule has 0 fully saturated rings. The van der Waals surface area contributed by atoms with Gasteiger partial charge in [0.25, 0.3) is 0 Å². The third kappa shape index (κ3) is 1.67. The Labute approximate surface area is 79.9 Å². The Bertz CT molecular complexity index is 351. The first-order valence-electron chi connectivity index (χ1n) is 3.43. The number of hydrogen-bond donors (Lipinski definition) is 2. The van der Waals surface area contributed by atoms with E-state index in [1.165, 1.54) is 19.2 Å². The fraction of sp³-hybridized carbons (Fsp3) is 0.125. The lowest BCUT2D eigenvalue weighted by molar-refractivity contribution is 0.0597. The van der Waals surface area contributed by atoms with Crippen LogP contribution in [0.3, 0.4) is 0 Å². The molecule has 0 saturated carbocycles. The van der Waals surface area contributed by atoms with Crippen LogP contribution in [0, 0.1) is 0 Å². The summed E-state index contributed by atoms with van der Waals surface area (Å²) >= 11 is 5.60. The molecule has 70 valence electrons. The fourth-order valence-electron chi connectivity index (χ4n) is 0.855. The monoisotopic (exact) mass is 201 g/mol. The maximum absolute atomic E-state index is 11.0. The van der Waals surface area contributed by atoms with E-state index >= 15 is 0 Å². The van der Waals surface area contributed by atoms with E-state index in [0.29, 0.717) is 0 Å². The van der Waals surface area contributed by atoms with Gasteiger partial charge >= 0.3 is 5.97 Å². The summed E-state index contributed by atoms with van der Waals surface area (Å²) < 4.78 is 4.41. The summed E-state index contributed by atoms with van der Waals surface area (Å²) in [6.07, 6.45) is 0. The van der Waals surface area contributed by atoms with Crippen molar-refractivity contribution >= 4 is 23.3 Å². The van der Waals surface area contributed by atoms with Gasteiger partial charge < -0.3 is 15.6 Å². The van der Waals surface area contributed by atoms with Crippen LogP contribution in [0.5, 0.6) is 5.75 Å². The van der Waals surface area contributed by atoms with Crippen LogP contribution in [-0.2, 0) is 4.74 Å². The summed E-state index contributed by atoms with van der Waals surface area (Å²) in [7, 11) is 1.21. The van der Waals surface area contributed by atoms with Crippen molar-refractivity contribution in [3.8, 4) is 5.75 Å². The second-order valence-electron chi connectivity index (χ2n) is 2.36. The lowest BCUT2D eigenvalue weighted by Gasteiger charge is -2.05. The Morgan fingerprint density at radius 1 is 1.62 bits per heavy atom. The second-order valence-corrected chi connectivity index (χ2v) is 2.73. The zero-order valence-corrected chi connectivity index (χ0v) is 7.63. The minimum absolute atomic E-state index is 0.00157. The topological polar surface area (TPSA) is 72.5 Å². The third-order valence-corrected chi connectivity index (χ3v) is 1.95. The van der Waals surface area contributed by atoms with Gasteiger partial charge in [0, 0.05) is 0 Å². The van der Waals surface area contributed by atoms with Crippen LogP contribution < -0.4 is 5.73 Å². The molecule has 0 bridgehead atoms. The minimum Gasteiger partial charge on any atom is -0.505 e. The standard InChI is InChI=1S/C8H8ClNO3/c1-13-8(12)4-2-3-5(10)6(9)7(4)11/h2-3,11H,10H2,1H3. The van der Waals surface area contributed by atoms with Crippen molar-refractivity contribution in [1.29, 1.82) is 0 Å². The van der Waals surface area contributed by atoms with Gasteiger partial charge in [0.2, 0.25) is 0 Å². The van der Waals surface area contributed by atoms with Gasteiger partial charge in [-0.1, -0.05) is 11.6 Å². The number of nitrogen functional groups attached to an aromatic ring is 1. The van der Waals surface area contributed by atoms with Gasteiger partial charge in [-0.2, -0.15) is 0 Å². The number of anilines is 1. The molecule has 0 unspecified atom stereocenters. The van der Waals surface area contributed by atoms with Crippen molar-refractivity contribution in [1.82, 2.24) is 0 Å². The van der Waals surface area contributed by atoms with Crippen LogP contribution in [0.4, 0.5) is 5.69 Å². The first-order valence-corrected chi connectivity index (χ1v) is 3.81. The van der Waals surface area contributed by atoms with Crippen LogP contribution in [0.2, 0.25) is 5.02 Å². The molecule has 1 rings (SSSR count). The number of carbonyl (C=O) groups excluding carboxylic acids is 1. The van der Waals surface area contributed by atoms with Crippen molar-refractivity contribution in [3.63, 3.8) is 0 Å². The molecular weight excluding hydrogens is 194 g/mol. The van der Waals surface area contributed by atoms with Crippen LogP contribution >= 0.6 is 11.6 Å². The minimum atomic E-state index is -0.653. The molecule has 0 heterocycles. The van der Waals surface area contributed by atoms with E-state index in [-0.39, 0.29) is 22.0 Å². The van der Waals surface area contributed by atoms with Crippen LogP contribution in [0.1, 0.15) is 10.4 Å². The summed E-state index contributed by atoms with van der Waals surface area (Å²) in [5.74, 6) is -1.01. The second kappa shape index (κ2) is 3.53. The summed E-state index contributed by atoms with van der Waals surface area (Å²) in [5.41, 5.74) is 5.60. The summed E-state index contributed by atoms with van der Waals surface area (Å²) in [4.78, 5) is 11.0. The number of halogens is 1. The molecular formula is C8H8ClNO3. The number of methoxy groups -OCH3 is 1. The van der Waals surface area contributed by atoms with E-state index in [9.17, 15) is 9.90 Å². The number of nitrogens with two attached hydrogens (primary N) is 1. The number of hydrogen-bond acceptors (Lipinski definition) is 4. The van der Waals surface area contributed by atoms with Gasteiger partial charge in [0.05, 0.1) is 12.8 Å². The first-order chi connectivity index (χ1) is 6.07. The van der Waals surface area contributed by atoms with Crippen molar-refractivity contribution in [3.05, 3.63) is 22.7 Å². The largest absolute Gasteiger partial charge is 0.505 e. The molecule has 5 heteroatoms. The molecule has 0 aliphatic rings. The van der Waals surface area contributed by atoms with Crippen molar-refractivity contribution in [2.24, 2.45) is 0 Å². The van der Waals surface area contributed by atoms with Gasteiger partial charge in [0.15, 0.2) is 5.75 Å². The van der Waals surface area contributed by atoms with Crippen molar-refractivity contribution in [2.45, 2.75) is 0 Å². The molecule has 3 N–H and O–H groups in total. The smallest absolute Gasteiger partial charge is 0.341 e. The summed E-state index contributed by atoms with van der Waals surface area (Å²) in [6, 6.07) is 2.77. The fourth-order valence-corrected chi connectivity index (χ4v) is 1.02. The van der Waals surface area contributed by atoms with Crippen LogP contribution in [0.15, 0.2) is 12.1 Å². The Balaban J connectivity index is 3.26. The van der Waals surface area contributed by atoms with Crippen molar-refractivity contribution in [2.75, 3.05) is 12.8 Å². The van der Waals surface area contributed by atoms with E-state index in [1.54, 1.807) is 0 Å². The molecule has 0 aromatic heterocycles. The Morgan fingerprint density at radius 2 is 2.23 bits per heavy atom. The molecule has 0 saturated heterocycles. The number of ether oxygens (including phenoxy) is 1. The number of phenols is 1. The highest BCUT2D eigenvalue weighted by atomic mass is 35.5. The van der Waals surface area contributed by atoms with Crippen LogP contribution in [0.25, 0.3) is 0 Å². The molecule has 0 aliphatic heterocycles. The number of carbonyl (C=O) groups is 1. The molecule has 13 heavy (non-hydrogen) atoms. The van der Waals surface area contributed by atoms with Crippen molar-refractivity contribution < 1.29 is 14.6 Å². The highest BCUT2D eigenvalue weighted by Gasteiger charge is 2.15. The lowest BCUT2D eigenvalue weighted by Crippen LogP contribution is -2.02. The average molecular weight is 202 g/mol. The highest BCUT2D eigenvalue weighted by Crippen LogP contribution is 2.32. The van der Waals surface area contributed by atoms with Crippen LogP contribution in [-0.4, -0.2) is 18.2 Å². The van der Waals surface area contributed by atoms with E-state index < -0.39 is 5.97 Å². The summed E-state index contributed by atoms with van der Waals surface area (Å²) in [6.45, 7) is 0. The predicted octanol–water partition coefficient (Wildman–Crippen LogP) is 1.41. The van der Waals surface area contributed by atoms with E-state index in [4.69, 9.17) is 17.3 Å². The maximum Gasteiger partial charge on any atom is 0.341 e. The number of esters is 1.